The van der Waals surface area contributed by atoms with E-state index in [-0.39, 0.29) is 29.9 Å². The number of likely N-dealkylation sites (tertiary alicyclic amines) is 1. The van der Waals surface area contributed by atoms with Gasteiger partial charge < -0.3 is 20.9 Å². The van der Waals surface area contributed by atoms with Crippen molar-refractivity contribution >= 4 is 35.8 Å². The quantitative estimate of drug-likeness (QED) is 0.194. The lowest BCUT2D eigenvalue weighted by molar-refractivity contribution is 0.0953. The normalized spacial score (nSPS) is 15.1. The van der Waals surface area contributed by atoms with Gasteiger partial charge in [0.25, 0.3) is 5.91 Å². The molecule has 0 aromatic heterocycles. The molecular weight excluding hydrogens is 477 g/mol. The van der Waals surface area contributed by atoms with Crippen molar-refractivity contribution in [1.29, 1.82) is 0 Å². The molecule has 1 amide bonds. The van der Waals surface area contributed by atoms with E-state index in [9.17, 15) is 4.79 Å². The number of amides is 1. The summed E-state index contributed by atoms with van der Waals surface area (Å²) in [6.07, 6.45) is 7.42. The molecule has 0 unspecified atom stereocenters. The van der Waals surface area contributed by atoms with Crippen LogP contribution in [0.1, 0.15) is 55.8 Å². The maximum absolute atomic E-state index is 12.0. The fourth-order valence-electron chi connectivity index (χ4n) is 3.37. The Morgan fingerprint density at radius 2 is 1.66 bits per heavy atom. The van der Waals surface area contributed by atoms with Crippen molar-refractivity contribution in [3.05, 3.63) is 35.9 Å². The molecule has 7 heteroatoms. The number of aliphatic imine (C=N–C) groups is 1. The Morgan fingerprint density at radius 1 is 0.966 bits per heavy atom. The zero-order valence-electron chi connectivity index (χ0n) is 17.8. The van der Waals surface area contributed by atoms with E-state index in [1.807, 2.05) is 30.3 Å². The molecule has 6 nitrogen and oxygen atoms in total. The summed E-state index contributed by atoms with van der Waals surface area (Å²) in [6, 6.07) is 9.31. The first kappa shape index (κ1) is 25.7. The summed E-state index contributed by atoms with van der Waals surface area (Å²) in [6.45, 7) is 8.86. The van der Waals surface area contributed by atoms with Gasteiger partial charge in [-0.1, -0.05) is 31.0 Å². The van der Waals surface area contributed by atoms with Gasteiger partial charge in [-0.25, -0.2) is 0 Å². The molecule has 1 saturated heterocycles. The lowest BCUT2D eigenvalue weighted by atomic mass is 10.2. The maximum atomic E-state index is 12.0. The topological polar surface area (TPSA) is 68.8 Å². The Morgan fingerprint density at radius 3 is 2.34 bits per heavy atom. The molecule has 0 radical (unpaired) electrons. The predicted octanol–water partition coefficient (Wildman–Crippen LogP) is 3.25. The van der Waals surface area contributed by atoms with Gasteiger partial charge in [0.05, 0.1) is 0 Å². The summed E-state index contributed by atoms with van der Waals surface area (Å²) in [7, 11) is 0. The molecular formula is C22H38IN5O. The standard InChI is InChI=1S/C22H37N5O.HI/c1-2-23-22(26-16-11-19-27-17-8-3-4-9-18-27)25-15-10-14-24-21(28)20-12-6-5-7-13-20;/h5-7,12-13H,2-4,8-11,14-19H2,1H3,(H,24,28)(H2,23,25,26);1H. The minimum absolute atomic E-state index is 0. The minimum atomic E-state index is -0.0249. The first-order chi connectivity index (χ1) is 13.8. The number of hydrogen-bond donors (Lipinski definition) is 3. The summed E-state index contributed by atoms with van der Waals surface area (Å²) >= 11 is 0. The van der Waals surface area contributed by atoms with Crippen LogP contribution in [0.3, 0.4) is 0 Å². The molecule has 1 fully saturated rings. The van der Waals surface area contributed by atoms with Gasteiger partial charge in [0.2, 0.25) is 0 Å². The van der Waals surface area contributed by atoms with E-state index in [4.69, 9.17) is 0 Å². The number of nitrogens with one attached hydrogen (secondary N) is 3. The number of nitrogens with zero attached hydrogens (tertiary/aromatic N) is 2. The first-order valence-electron chi connectivity index (χ1n) is 10.9. The number of rotatable bonds is 10. The van der Waals surface area contributed by atoms with Crippen molar-refractivity contribution in [3.63, 3.8) is 0 Å². The van der Waals surface area contributed by atoms with Gasteiger partial charge in [0.1, 0.15) is 0 Å². The third kappa shape index (κ3) is 11.4. The number of benzene rings is 1. The van der Waals surface area contributed by atoms with Gasteiger partial charge in [-0.15, -0.1) is 24.0 Å². The average Bonchev–Trinajstić information content (AvgIpc) is 3.00. The second-order valence-electron chi connectivity index (χ2n) is 7.27. The lowest BCUT2D eigenvalue weighted by Gasteiger charge is -2.20. The van der Waals surface area contributed by atoms with Crippen LogP contribution in [0.4, 0.5) is 0 Å². The van der Waals surface area contributed by atoms with Gasteiger partial charge in [-0.3, -0.25) is 9.79 Å². The Balaban J connectivity index is 0.00000420. The molecule has 1 aliphatic rings. The summed E-state index contributed by atoms with van der Waals surface area (Å²) in [4.78, 5) is 19.2. The molecule has 1 aromatic carbocycles. The monoisotopic (exact) mass is 515 g/mol. The summed E-state index contributed by atoms with van der Waals surface area (Å²) in [5.74, 6) is 0.843. The summed E-state index contributed by atoms with van der Waals surface area (Å²) in [5, 5.41) is 9.66. The highest BCUT2D eigenvalue weighted by Crippen LogP contribution is 2.09. The fraction of sp³-hybridized carbons (Fsp3) is 0.636. The Kier molecular flexibility index (Phi) is 14.6. The minimum Gasteiger partial charge on any atom is -0.357 e. The molecule has 2 rings (SSSR count). The average molecular weight is 515 g/mol. The molecule has 29 heavy (non-hydrogen) atoms. The maximum Gasteiger partial charge on any atom is 0.251 e. The van der Waals surface area contributed by atoms with Crippen molar-refractivity contribution in [2.24, 2.45) is 4.99 Å². The van der Waals surface area contributed by atoms with Gasteiger partial charge in [-0.05, 0) is 64.4 Å². The van der Waals surface area contributed by atoms with Gasteiger partial charge in [0, 0.05) is 31.7 Å². The van der Waals surface area contributed by atoms with Gasteiger partial charge >= 0.3 is 0 Å². The first-order valence-corrected chi connectivity index (χ1v) is 10.9. The predicted molar refractivity (Wildman–Crippen MR) is 132 cm³/mol. The summed E-state index contributed by atoms with van der Waals surface area (Å²) < 4.78 is 0. The smallest absolute Gasteiger partial charge is 0.251 e. The van der Waals surface area contributed by atoms with E-state index >= 15 is 0 Å². The third-order valence-corrected chi connectivity index (χ3v) is 4.91. The molecule has 164 valence electrons. The van der Waals surface area contributed by atoms with Gasteiger partial charge in [-0.2, -0.15) is 0 Å². The molecule has 1 aromatic rings. The van der Waals surface area contributed by atoms with Crippen molar-refractivity contribution < 1.29 is 4.79 Å². The van der Waals surface area contributed by atoms with E-state index < -0.39 is 0 Å². The van der Waals surface area contributed by atoms with Crippen LogP contribution in [0, 0.1) is 0 Å². The van der Waals surface area contributed by atoms with Crippen LogP contribution in [0.2, 0.25) is 0 Å². The Hall–Kier alpha value is -1.35. The van der Waals surface area contributed by atoms with Crippen molar-refractivity contribution in [1.82, 2.24) is 20.9 Å². The molecule has 1 heterocycles. The zero-order valence-corrected chi connectivity index (χ0v) is 20.1. The van der Waals surface area contributed by atoms with E-state index in [0.29, 0.717) is 18.7 Å². The molecule has 1 aliphatic heterocycles. The fourth-order valence-corrected chi connectivity index (χ4v) is 3.37. The van der Waals surface area contributed by atoms with E-state index in [1.54, 1.807) is 0 Å². The molecule has 3 N–H and O–H groups in total. The highest BCUT2D eigenvalue weighted by atomic mass is 127. The molecule has 0 atom stereocenters. The second kappa shape index (κ2) is 16.4. The highest BCUT2D eigenvalue weighted by Gasteiger charge is 2.08. The van der Waals surface area contributed by atoms with Crippen LogP contribution in [-0.4, -0.2) is 62.6 Å². The van der Waals surface area contributed by atoms with Gasteiger partial charge in [0.15, 0.2) is 5.96 Å². The molecule has 0 aliphatic carbocycles. The zero-order chi connectivity index (χ0) is 19.9. The molecule has 0 saturated carbocycles. The van der Waals surface area contributed by atoms with Crippen LogP contribution in [0.25, 0.3) is 0 Å². The number of carbonyl (C=O) groups is 1. The SMILES string of the molecule is CCNC(=NCCCNC(=O)c1ccccc1)NCCCN1CCCCCC1.I. The van der Waals surface area contributed by atoms with E-state index in [0.717, 1.165) is 38.4 Å². The van der Waals surface area contributed by atoms with Crippen molar-refractivity contribution in [2.45, 2.75) is 45.4 Å². The Bertz CT molecular complexity index is 574. The molecule has 0 bridgehead atoms. The number of hydrogen-bond acceptors (Lipinski definition) is 3. The number of halogens is 1. The lowest BCUT2D eigenvalue weighted by Crippen LogP contribution is -2.39. The summed E-state index contributed by atoms with van der Waals surface area (Å²) in [5.41, 5.74) is 0.699. The number of carbonyl (C=O) groups excluding carboxylic acids is 1. The second-order valence-corrected chi connectivity index (χ2v) is 7.27. The van der Waals surface area contributed by atoms with Crippen LogP contribution in [0.5, 0.6) is 0 Å². The number of guanidine groups is 1. The Labute approximate surface area is 193 Å². The van der Waals surface area contributed by atoms with E-state index in [2.05, 4.69) is 32.8 Å². The van der Waals surface area contributed by atoms with Crippen LogP contribution in [0.15, 0.2) is 35.3 Å². The molecule has 0 spiro atoms. The van der Waals surface area contributed by atoms with Crippen molar-refractivity contribution in [2.75, 3.05) is 45.8 Å². The highest BCUT2D eigenvalue weighted by molar-refractivity contribution is 14.0. The van der Waals surface area contributed by atoms with E-state index in [1.165, 1.54) is 38.8 Å². The van der Waals surface area contributed by atoms with Crippen molar-refractivity contribution in [3.8, 4) is 0 Å². The van der Waals surface area contributed by atoms with Crippen LogP contribution >= 0.6 is 24.0 Å². The van der Waals surface area contributed by atoms with Crippen LogP contribution < -0.4 is 16.0 Å². The third-order valence-electron chi connectivity index (χ3n) is 4.91. The van der Waals surface area contributed by atoms with Crippen LogP contribution in [-0.2, 0) is 0 Å². The largest absolute Gasteiger partial charge is 0.357 e.